The van der Waals surface area contributed by atoms with Crippen molar-refractivity contribution < 1.29 is 18.7 Å². The number of amides is 2. The van der Waals surface area contributed by atoms with Gasteiger partial charge in [-0.25, -0.2) is 4.39 Å². The molecule has 6 nitrogen and oxygen atoms in total. The number of ether oxygens (including phenoxy) is 1. The Morgan fingerprint density at radius 3 is 2.76 bits per heavy atom. The van der Waals surface area contributed by atoms with Crippen molar-refractivity contribution in [3.05, 3.63) is 48.8 Å². The maximum Gasteiger partial charge on any atom is 0.251 e. The number of nitrogens with one attached hydrogen (secondary N) is 1. The average Bonchev–Trinajstić information content (AvgIpc) is 3.12. The Bertz CT molecular complexity index is 714. The molecule has 2 heterocycles. The number of morpholine rings is 1. The number of carbonyl (C=O) groups excluding carboxylic acids is 2. The first-order chi connectivity index (χ1) is 12.1. The normalized spacial score (nSPS) is 19.8. The van der Waals surface area contributed by atoms with Crippen LogP contribution < -0.4 is 10.2 Å². The fourth-order valence-electron chi connectivity index (χ4n) is 2.96. The van der Waals surface area contributed by atoms with E-state index in [-0.39, 0.29) is 11.8 Å². The lowest BCUT2D eigenvalue weighted by molar-refractivity contribution is -0.131. The first-order valence-corrected chi connectivity index (χ1v) is 8.13. The van der Waals surface area contributed by atoms with E-state index >= 15 is 0 Å². The third-order valence-corrected chi connectivity index (χ3v) is 4.25. The van der Waals surface area contributed by atoms with Crippen LogP contribution in [0.15, 0.2) is 43.0 Å². The molecule has 1 fully saturated rings. The van der Waals surface area contributed by atoms with E-state index in [0.717, 1.165) is 0 Å². The van der Waals surface area contributed by atoms with Crippen molar-refractivity contribution in [3.8, 4) is 0 Å². The van der Waals surface area contributed by atoms with Crippen LogP contribution in [0.4, 0.5) is 15.8 Å². The van der Waals surface area contributed by atoms with Crippen LogP contribution in [0.5, 0.6) is 0 Å². The topological polar surface area (TPSA) is 61.9 Å². The average molecular weight is 345 g/mol. The predicted octanol–water partition coefficient (Wildman–Crippen LogP) is 1.55. The van der Waals surface area contributed by atoms with Crippen molar-refractivity contribution in [2.75, 3.05) is 43.1 Å². The molecule has 1 aromatic carbocycles. The number of anilines is 2. The SMILES string of the molecule is C=CC(=O)N1CC=C[C@H]1C(=O)Nc1ccc(N2CCOCC2)c(F)c1. The Labute approximate surface area is 145 Å². The van der Waals surface area contributed by atoms with Crippen LogP contribution in [0.1, 0.15) is 0 Å². The quantitative estimate of drug-likeness (QED) is 0.664. The van der Waals surface area contributed by atoms with E-state index < -0.39 is 11.9 Å². The van der Waals surface area contributed by atoms with Gasteiger partial charge in [-0.15, -0.1) is 0 Å². The minimum atomic E-state index is -0.715. The molecule has 2 aliphatic heterocycles. The minimum absolute atomic E-state index is 0.320. The zero-order valence-corrected chi connectivity index (χ0v) is 13.8. The second-order valence-electron chi connectivity index (χ2n) is 5.82. The summed E-state index contributed by atoms with van der Waals surface area (Å²) >= 11 is 0. The molecule has 132 valence electrons. The van der Waals surface area contributed by atoms with Gasteiger partial charge in [-0.3, -0.25) is 9.59 Å². The van der Waals surface area contributed by atoms with Gasteiger partial charge in [0, 0.05) is 25.3 Å². The van der Waals surface area contributed by atoms with Crippen molar-refractivity contribution >= 4 is 23.2 Å². The highest BCUT2D eigenvalue weighted by atomic mass is 19.1. The minimum Gasteiger partial charge on any atom is -0.378 e. The maximum absolute atomic E-state index is 14.4. The monoisotopic (exact) mass is 345 g/mol. The summed E-state index contributed by atoms with van der Waals surface area (Å²) in [5.74, 6) is -1.11. The van der Waals surface area contributed by atoms with Crippen LogP contribution in [-0.2, 0) is 14.3 Å². The number of rotatable bonds is 4. The fourth-order valence-corrected chi connectivity index (χ4v) is 2.96. The van der Waals surface area contributed by atoms with Gasteiger partial charge in [0.1, 0.15) is 11.9 Å². The summed E-state index contributed by atoms with van der Waals surface area (Å²) in [5, 5.41) is 2.66. The molecule has 0 bridgehead atoms. The Kier molecular flexibility index (Phi) is 5.14. The molecule has 1 saturated heterocycles. The van der Waals surface area contributed by atoms with Crippen molar-refractivity contribution in [1.82, 2.24) is 4.90 Å². The summed E-state index contributed by atoms with van der Waals surface area (Å²) in [4.78, 5) is 27.5. The molecule has 7 heteroatoms. The summed E-state index contributed by atoms with van der Waals surface area (Å²) in [5.41, 5.74) is 0.844. The first-order valence-electron chi connectivity index (χ1n) is 8.13. The number of carbonyl (C=O) groups is 2. The van der Waals surface area contributed by atoms with Gasteiger partial charge in [-0.05, 0) is 24.3 Å². The standard InChI is InChI=1S/C18H20FN3O3/c1-2-17(23)22-7-3-4-16(22)18(24)20-13-5-6-15(14(19)12-13)21-8-10-25-11-9-21/h2-6,12,16H,1,7-11H2,(H,20,24)/t16-/m0/s1. The van der Waals surface area contributed by atoms with Gasteiger partial charge in [0.15, 0.2) is 0 Å². The van der Waals surface area contributed by atoms with Crippen LogP contribution in [0, 0.1) is 5.82 Å². The van der Waals surface area contributed by atoms with E-state index in [2.05, 4.69) is 11.9 Å². The molecular formula is C18H20FN3O3. The van der Waals surface area contributed by atoms with E-state index in [0.29, 0.717) is 44.2 Å². The molecule has 0 unspecified atom stereocenters. The van der Waals surface area contributed by atoms with Crippen LogP contribution >= 0.6 is 0 Å². The zero-order valence-electron chi connectivity index (χ0n) is 13.8. The molecule has 0 aliphatic carbocycles. The molecular weight excluding hydrogens is 325 g/mol. The molecule has 1 aromatic rings. The second kappa shape index (κ2) is 7.48. The molecule has 0 radical (unpaired) electrons. The summed E-state index contributed by atoms with van der Waals surface area (Å²) < 4.78 is 19.7. The molecule has 2 aliphatic rings. The lowest BCUT2D eigenvalue weighted by Crippen LogP contribution is -2.42. The number of nitrogens with zero attached hydrogens (tertiary/aromatic N) is 2. The Balaban J connectivity index is 1.69. The summed E-state index contributed by atoms with van der Waals surface area (Å²) in [7, 11) is 0. The van der Waals surface area contributed by atoms with E-state index in [1.807, 2.05) is 4.90 Å². The zero-order chi connectivity index (χ0) is 17.8. The van der Waals surface area contributed by atoms with E-state index in [1.54, 1.807) is 24.3 Å². The molecule has 0 spiro atoms. The second-order valence-corrected chi connectivity index (χ2v) is 5.82. The van der Waals surface area contributed by atoms with Gasteiger partial charge in [0.25, 0.3) is 5.91 Å². The Hall–Kier alpha value is -2.67. The number of hydrogen-bond acceptors (Lipinski definition) is 4. The van der Waals surface area contributed by atoms with Crippen LogP contribution in [-0.4, -0.2) is 55.6 Å². The third kappa shape index (κ3) is 3.71. The first kappa shape index (κ1) is 17.2. The Morgan fingerprint density at radius 2 is 2.08 bits per heavy atom. The molecule has 2 amide bonds. The highest BCUT2D eigenvalue weighted by Gasteiger charge is 2.29. The lowest BCUT2D eigenvalue weighted by Gasteiger charge is -2.29. The number of hydrogen-bond donors (Lipinski definition) is 1. The highest BCUT2D eigenvalue weighted by molar-refractivity contribution is 6.00. The van der Waals surface area contributed by atoms with Crippen molar-refractivity contribution in [1.29, 1.82) is 0 Å². The summed E-state index contributed by atoms with van der Waals surface area (Å²) in [6.07, 6.45) is 4.56. The smallest absolute Gasteiger partial charge is 0.251 e. The van der Waals surface area contributed by atoms with Gasteiger partial charge in [0.2, 0.25) is 5.91 Å². The molecule has 0 saturated carbocycles. The summed E-state index contributed by atoms with van der Waals surface area (Å²) in [6.45, 7) is 6.19. The fraction of sp³-hybridized carbons (Fsp3) is 0.333. The van der Waals surface area contributed by atoms with Gasteiger partial charge >= 0.3 is 0 Å². The van der Waals surface area contributed by atoms with E-state index in [4.69, 9.17) is 4.74 Å². The van der Waals surface area contributed by atoms with Crippen LogP contribution in [0.2, 0.25) is 0 Å². The molecule has 3 rings (SSSR count). The predicted molar refractivity (Wildman–Crippen MR) is 92.9 cm³/mol. The van der Waals surface area contributed by atoms with Crippen LogP contribution in [0.25, 0.3) is 0 Å². The van der Waals surface area contributed by atoms with Crippen molar-refractivity contribution in [3.63, 3.8) is 0 Å². The van der Waals surface area contributed by atoms with E-state index in [9.17, 15) is 14.0 Å². The third-order valence-electron chi connectivity index (χ3n) is 4.25. The van der Waals surface area contributed by atoms with Crippen molar-refractivity contribution in [2.45, 2.75) is 6.04 Å². The molecule has 0 aromatic heterocycles. The van der Waals surface area contributed by atoms with Gasteiger partial charge in [0.05, 0.1) is 18.9 Å². The highest BCUT2D eigenvalue weighted by Crippen LogP contribution is 2.24. The lowest BCUT2D eigenvalue weighted by atomic mass is 10.2. The van der Waals surface area contributed by atoms with Gasteiger partial charge in [-0.1, -0.05) is 18.7 Å². The maximum atomic E-state index is 14.4. The number of benzene rings is 1. The molecule has 1 atom stereocenters. The Morgan fingerprint density at radius 1 is 1.32 bits per heavy atom. The summed E-state index contributed by atoms with van der Waals surface area (Å²) in [6, 6.07) is 3.88. The molecule has 25 heavy (non-hydrogen) atoms. The van der Waals surface area contributed by atoms with Gasteiger partial charge < -0.3 is 19.9 Å². The largest absolute Gasteiger partial charge is 0.378 e. The molecule has 1 N–H and O–H groups in total. The van der Waals surface area contributed by atoms with Gasteiger partial charge in [-0.2, -0.15) is 0 Å². The van der Waals surface area contributed by atoms with E-state index in [1.165, 1.54) is 17.0 Å². The van der Waals surface area contributed by atoms with Crippen molar-refractivity contribution in [2.24, 2.45) is 0 Å². The number of halogens is 1. The van der Waals surface area contributed by atoms with Crippen LogP contribution in [0.3, 0.4) is 0 Å².